The Morgan fingerprint density at radius 2 is 0.773 bits per heavy atom. The van der Waals surface area contributed by atoms with Gasteiger partial charge < -0.3 is 0 Å². The number of rotatable bonds is 3. The lowest BCUT2D eigenvalue weighted by molar-refractivity contribution is -0.503. The monoisotopic (exact) mass is 368 g/mol. The van der Waals surface area contributed by atoms with Crippen molar-refractivity contribution in [3.05, 3.63) is 0 Å². The van der Waals surface area contributed by atoms with Gasteiger partial charge in [-0.1, -0.05) is 0 Å². The molecule has 22 heavy (non-hydrogen) atoms. The van der Waals surface area contributed by atoms with Crippen LogP contribution in [0.5, 0.6) is 0 Å². The third kappa shape index (κ3) is 4.25. The van der Waals surface area contributed by atoms with E-state index in [0.29, 0.717) is 0 Å². The summed E-state index contributed by atoms with van der Waals surface area (Å²) in [6.45, 7) is 0. The van der Waals surface area contributed by atoms with Crippen LogP contribution < -0.4 is 0 Å². The van der Waals surface area contributed by atoms with Gasteiger partial charge in [-0.15, -0.1) is 0 Å². The molecule has 0 fully saturated rings. The molecule has 0 N–H and O–H groups in total. The minimum atomic E-state index is -7.56. The first-order chi connectivity index (χ1) is 9.16. The summed E-state index contributed by atoms with van der Waals surface area (Å²) in [5.41, 5.74) is -7.48. The van der Waals surface area contributed by atoms with Crippen molar-refractivity contribution in [2.24, 2.45) is 0 Å². The van der Waals surface area contributed by atoms with Crippen LogP contribution in [0.25, 0.3) is 0 Å². The molecule has 0 aliphatic rings. The molecule has 0 aliphatic heterocycles. The van der Waals surface area contributed by atoms with Crippen LogP contribution in [0.1, 0.15) is 6.42 Å². The first-order valence-electron chi connectivity index (χ1n) is 4.51. The Bertz CT molecular complexity index is 344. The van der Waals surface area contributed by atoms with E-state index >= 15 is 0 Å². The van der Waals surface area contributed by atoms with Gasteiger partial charge in [-0.05, 0) is 0 Å². The van der Waals surface area contributed by atoms with Crippen LogP contribution in [0.2, 0.25) is 0 Å². The Balaban J connectivity index is 6.14. The molecule has 0 spiro atoms. The third-order valence-electron chi connectivity index (χ3n) is 1.91. The average molecular weight is 368 g/mol. The highest BCUT2D eigenvalue weighted by atomic mass is 19.4. The van der Waals surface area contributed by atoms with Gasteiger partial charge in [0, 0.05) is 0 Å². The van der Waals surface area contributed by atoms with Crippen molar-refractivity contribution in [1.29, 1.82) is 0 Å². The molecule has 15 heteroatoms. The molecule has 0 heterocycles. The standard InChI is InChI=1S/C7H2F14O/c8-2(9,10)1-3(11,12)22-4(5(13,14)15,6(16,17)18)7(19,20)21/h1H2. The summed E-state index contributed by atoms with van der Waals surface area (Å²) >= 11 is 0. The van der Waals surface area contributed by atoms with Gasteiger partial charge in [0.2, 0.25) is 0 Å². The fourth-order valence-electron chi connectivity index (χ4n) is 1.15. The minimum absolute atomic E-state index is 1.67. The minimum Gasteiger partial charge on any atom is -0.287 e. The first kappa shape index (κ1) is 21.0. The lowest BCUT2D eigenvalue weighted by atomic mass is 10.0. The molecule has 0 aromatic rings. The predicted octanol–water partition coefficient (Wildman–Crippen LogP) is 4.97. The van der Waals surface area contributed by atoms with Gasteiger partial charge in [0.15, 0.2) is 0 Å². The van der Waals surface area contributed by atoms with E-state index in [1.807, 2.05) is 0 Å². The van der Waals surface area contributed by atoms with Gasteiger partial charge in [-0.2, -0.15) is 61.5 Å². The van der Waals surface area contributed by atoms with E-state index in [0.717, 1.165) is 0 Å². The molecule has 0 aliphatic carbocycles. The van der Waals surface area contributed by atoms with Crippen LogP contribution in [0, 0.1) is 0 Å². The smallest absolute Gasteiger partial charge is 0.287 e. The second-order valence-corrected chi connectivity index (χ2v) is 3.71. The highest BCUT2D eigenvalue weighted by molar-refractivity contribution is 5.03. The molecule has 134 valence electrons. The summed E-state index contributed by atoms with van der Waals surface area (Å²) in [5, 5.41) is 0. The van der Waals surface area contributed by atoms with E-state index in [4.69, 9.17) is 0 Å². The van der Waals surface area contributed by atoms with E-state index in [9.17, 15) is 61.5 Å². The van der Waals surface area contributed by atoms with Gasteiger partial charge in [0.1, 0.15) is 6.42 Å². The Kier molecular flexibility index (Phi) is 5.02. The van der Waals surface area contributed by atoms with Crippen LogP contribution in [-0.4, -0.2) is 36.4 Å². The molecule has 0 unspecified atom stereocenters. The molecular weight excluding hydrogens is 366 g/mol. The lowest BCUT2D eigenvalue weighted by Gasteiger charge is -2.40. The second kappa shape index (κ2) is 5.26. The Morgan fingerprint density at radius 1 is 0.500 bits per heavy atom. The number of halogens is 14. The summed E-state index contributed by atoms with van der Waals surface area (Å²) in [5.74, 6) is 0. The molecule has 0 aromatic heterocycles. The van der Waals surface area contributed by atoms with Crippen molar-refractivity contribution in [2.45, 2.75) is 42.8 Å². The summed E-state index contributed by atoms with van der Waals surface area (Å²) in [6.07, 6.45) is -39.0. The Labute approximate surface area is 110 Å². The van der Waals surface area contributed by atoms with Crippen molar-refractivity contribution < 1.29 is 66.2 Å². The lowest BCUT2D eigenvalue weighted by Crippen LogP contribution is -2.69. The number of alkyl halides is 14. The van der Waals surface area contributed by atoms with Gasteiger partial charge in [-0.25, -0.2) is 0 Å². The van der Waals surface area contributed by atoms with E-state index in [-0.39, 0.29) is 0 Å². The molecule has 0 saturated heterocycles. The van der Waals surface area contributed by atoms with Gasteiger partial charge >= 0.3 is 36.4 Å². The van der Waals surface area contributed by atoms with Crippen molar-refractivity contribution >= 4 is 0 Å². The zero-order valence-electron chi connectivity index (χ0n) is 9.41. The maximum atomic E-state index is 12.6. The third-order valence-corrected chi connectivity index (χ3v) is 1.91. The fourth-order valence-corrected chi connectivity index (χ4v) is 1.15. The highest BCUT2D eigenvalue weighted by Crippen LogP contribution is 2.57. The normalized spacial score (nSPS) is 16.1. The Morgan fingerprint density at radius 3 is 0.955 bits per heavy atom. The van der Waals surface area contributed by atoms with Crippen LogP contribution >= 0.6 is 0 Å². The summed E-state index contributed by atoms with van der Waals surface area (Å²) in [7, 11) is 0. The topological polar surface area (TPSA) is 9.23 Å². The molecule has 0 saturated carbocycles. The van der Waals surface area contributed by atoms with Crippen molar-refractivity contribution in [2.75, 3.05) is 0 Å². The number of ether oxygens (including phenoxy) is 1. The molecule has 0 atom stereocenters. The quantitative estimate of drug-likeness (QED) is 0.639. The average Bonchev–Trinajstić information content (AvgIpc) is 2.03. The van der Waals surface area contributed by atoms with E-state index in [1.165, 1.54) is 0 Å². The number of hydrogen-bond acceptors (Lipinski definition) is 1. The second-order valence-electron chi connectivity index (χ2n) is 3.71. The van der Waals surface area contributed by atoms with Crippen LogP contribution in [0.3, 0.4) is 0 Å². The zero-order valence-corrected chi connectivity index (χ0v) is 9.41. The summed E-state index contributed by atoms with van der Waals surface area (Å²) < 4.78 is 171. The maximum Gasteiger partial charge on any atom is 0.436 e. The van der Waals surface area contributed by atoms with Crippen LogP contribution in [-0.2, 0) is 4.74 Å². The van der Waals surface area contributed by atoms with E-state index in [2.05, 4.69) is 0 Å². The van der Waals surface area contributed by atoms with Crippen LogP contribution in [0.4, 0.5) is 61.5 Å². The summed E-state index contributed by atoms with van der Waals surface area (Å²) in [4.78, 5) is 0. The van der Waals surface area contributed by atoms with Gasteiger partial charge in [-0.3, -0.25) is 4.74 Å². The van der Waals surface area contributed by atoms with Gasteiger partial charge in [0.05, 0.1) is 0 Å². The molecule has 0 amide bonds. The Hall–Kier alpha value is -1.02. The SMILES string of the molecule is FC(F)(F)CC(F)(F)OC(C(F)(F)F)(C(F)(F)F)C(F)(F)F. The zero-order chi connectivity index (χ0) is 18.4. The fraction of sp³-hybridized carbons (Fsp3) is 1.00. The molecule has 0 bridgehead atoms. The maximum absolute atomic E-state index is 12.6. The van der Waals surface area contributed by atoms with E-state index in [1.54, 1.807) is 4.74 Å². The van der Waals surface area contributed by atoms with Crippen molar-refractivity contribution in [3.63, 3.8) is 0 Å². The highest BCUT2D eigenvalue weighted by Gasteiger charge is 2.87. The van der Waals surface area contributed by atoms with E-state index < -0.39 is 42.8 Å². The molecule has 1 nitrogen and oxygen atoms in total. The first-order valence-corrected chi connectivity index (χ1v) is 4.51. The van der Waals surface area contributed by atoms with Gasteiger partial charge in [0.25, 0.3) is 0 Å². The largest absolute Gasteiger partial charge is 0.436 e. The van der Waals surface area contributed by atoms with Crippen molar-refractivity contribution in [3.8, 4) is 0 Å². The summed E-state index contributed by atoms with van der Waals surface area (Å²) in [6, 6.07) is 0. The number of hydrogen-bond donors (Lipinski definition) is 0. The molecule has 0 aromatic carbocycles. The molecule has 0 rings (SSSR count). The molecular formula is C7H2F14O. The van der Waals surface area contributed by atoms with Crippen molar-refractivity contribution in [1.82, 2.24) is 0 Å². The predicted molar refractivity (Wildman–Crippen MR) is 37.6 cm³/mol. The molecule has 0 radical (unpaired) electrons. The van der Waals surface area contributed by atoms with Crippen LogP contribution in [0.15, 0.2) is 0 Å².